The van der Waals surface area contributed by atoms with Gasteiger partial charge in [0.25, 0.3) is 0 Å². The molecule has 1 aromatic rings. The number of hydrogen-bond donors (Lipinski definition) is 3. The summed E-state index contributed by atoms with van der Waals surface area (Å²) in [6.45, 7) is 5.62. The molecule has 0 spiro atoms. The molecule has 1 atom stereocenters. The van der Waals surface area contributed by atoms with Gasteiger partial charge in [0.05, 0.1) is 13.2 Å². The second-order valence-electron chi connectivity index (χ2n) is 5.30. The van der Waals surface area contributed by atoms with Crippen molar-refractivity contribution in [2.24, 2.45) is 0 Å². The Morgan fingerprint density at radius 3 is 2.60 bits per heavy atom. The Labute approximate surface area is 119 Å². The van der Waals surface area contributed by atoms with Gasteiger partial charge in [0.2, 0.25) is 0 Å². The molecule has 5 heteroatoms. The van der Waals surface area contributed by atoms with Crippen LogP contribution in [0.4, 0.5) is 0 Å². The fraction of sp³-hybridized carbons (Fsp3) is 0.533. The summed E-state index contributed by atoms with van der Waals surface area (Å²) >= 11 is 0. The summed E-state index contributed by atoms with van der Waals surface area (Å²) in [5, 5.41) is 21.6. The standard InChI is InChI=1S/C15H23NO4/c1-11(2)16-15(3,14(18)19)8-9-20-13-7-5-4-6-12(13)10-17/h4-7,11,16-17H,8-10H2,1-3H3,(H,18,19). The number of rotatable bonds is 8. The quantitative estimate of drug-likeness (QED) is 0.677. The Morgan fingerprint density at radius 1 is 1.40 bits per heavy atom. The van der Waals surface area contributed by atoms with Crippen molar-refractivity contribution in [2.45, 2.75) is 45.4 Å². The summed E-state index contributed by atoms with van der Waals surface area (Å²) in [4.78, 5) is 11.4. The van der Waals surface area contributed by atoms with Crippen molar-refractivity contribution in [1.29, 1.82) is 0 Å². The molecular weight excluding hydrogens is 258 g/mol. The molecule has 1 aromatic carbocycles. The molecule has 20 heavy (non-hydrogen) atoms. The van der Waals surface area contributed by atoms with Crippen LogP contribution in [0.5, 0.6) is 5.75 Å². The fourth-order valence-corrected chi connectivity index (χ4v) is 2.02. The van der Waals surface area contributed by atoms with Gasteiger partial charge in [-0.2, -0.15) is 0 Å². The van der Waals surface area contributed by atoms with Gasteiger partial charge < -0.3 is 14.9 Å². The minimum atomic E-state index is -1.03. The lowest BCUT2D eigenvalue weighted by Gasteiger charge is -2.28. The van der Waals surface area contributed by atoms with Crippen molar-refractivity contribution >= 4 is 5.97 Å². The van der Waals surface area contributed by atoms with Gasteiger partial charge in [-0.1, -0.05) is 18.2 Å². The number of aliphatic carboxylic acids is 1. The Balaban J connectivity index is 2.63. The number of carboxylic acids is 1. The van der Waals surface area contributed by atoms with E-state index in [2.05, 4.69) is 5.32 Å². The van der Waals surface area contributed by atoms with E-state index in [9.17, 15) is 15.0 Å². The predicted molar refractivity (Wildman–Crippen MR) is 76.8 cm³/mol. The van der Waals surface area contributed by atoms with Crippen LogP contribution < -0.4 is 10.1 Å². The van der Waals surface area contributed by atoms with Crippen LogP contribution in [0.3, 0.4) is 0 Å². The normalized spacial score (nSPS) is 14.1. The zero-order chi connectivity index (χ0) is 15.2. The van der Waals surface area contributed by atoms with Crippen molar-refractivity contribution in [1.82, 2.24) is 5.32 Å². The molecule has 0 fully saturated rings. The number of carbonyl (C=O) groups is 1. The molecule has 0 aliphatic heterocycles. The van der Waals surface area contributed by atoms with E-state index in [1.807, 2.05) is 26.0 Å². The van der Waals surface area contributed by atoms with E-state index in [1.54, 1.807) is 19.1 Å². The molecule has 0 radical (unpaired) electrons. The first-order chi connectivity index (χ1) is 9.39. The lowest BCUT2D eigenvalue weighted by atomic mass is 9.97. The van der Waals surface area contributed by atoms with Crippen molar-refractivity contribution in [3.63, 3.8) is 0 Å². The van der Waals surface area contributed by atoms with Crippen LogP contribution in [0.2, 0.25) is 0 Å². The number of nitrogens with one attached hydrogen (secondary N) is 1. The first-order valence-corrected chi connectivity index (χ1v) is 6.71. The number of carboxylic acid groups (broad SMARTS) is 1. The third-order valence-electron chi connectivity index (χ3n) is 3.08. The molecule has 1 unspecified atom stereocenters. The molecular formula is C15H23NO4. The van der Waals surface area contributed by atoms with E-state index in [4.69, 9.17) is 4.74 Å². The maximum absolute atomic E-state index is 11.4. The number of aliphatic hydroxyl groups is 1. The van der Waals surface area contributed by atoms with E-state index >= 15 is 0 Å². The zero-order valence-electron chi connectivity index (χ0n) is 12.2. The Bertz CT molecular complexity index is 447. The highest BCUT2D eigenvalue weighted by Crippen LogP contribution is 2.19. The highest BCUT2D eigenvalue weighted by Gasteiger charge is 2.33. The molecule has 0 aliphatic carbocycles. The monoisotopic (exact) mass is 281 g/mol. The largest absolute Gasteiger partial charge is 0.493 e. The first kappa shape index (κ1) is 16.5. The predicted octanol–water partition coefficient (Wildman–Crippen LogP) is 1.79. The van der Waals surface area contributed by atoms with Crippen molar-refractivity contribution in [3.05, 3.63) is 29.8 Å². The van der Waals surface area contributed by atoms with Gasteiger partial charge in [-0.25, -0.2) is 0 Å². The maximum Gasteiger partial charge on any atom is 0.323 e. The Hall–Kier alpha value is -1.59. The van der Waals surface area contributed by atoms with Crippen molar-refractivity contribution in [3.8, 4) is 5.75 Å². The van der Waals surface area contributed by atoms with Gasteiger partial charge in [0.15, 0.2) is 0 Å². The fourth-order valence-electron chi connectivity index (χ4n) is 2.02. The average Bonchev–Trinajstić information content (AvgIpc) is 2.38. The van der Waals surface area contributed by atoms with E-state index in [0.29, 0.717) is 17.7 Å². The third kappa shape index (κ3) is 4.51. The van der Waals surface area contributed by atoms with Gasteiger partial charge >= 0.3 is 5.97 Å². The van der Waals surface area contributed by atoms with Crippen LogP contribution in [0.25, 0.3) is 0 Å². The van der Waals surface area contributed by atoms with Crippen LogP contribution in [0, 0.1) is 0 Å². The summed E-state index contributed by atoms with van der Waals surface area (Å²) in [5.41, 5.74) is -0.330. The first-order valence-electron chi connectivity index (χ1n) is 6.71. The van der Waals surface area contributed by atoms with E-state index < -0.39 is 11.5 Å². The minimum absolute atomic E-state index is 0.0702. The van der Waals surface area contributed by atoms with Crippen LogP contribution in [0.15, 0.2) is 24.3 Å². The second-order valence-corrected chi connectivity index (χ2v) is 5.30. The summed E-state index contributed by atoms with van der Waals surface area (Å²) in [7, 11) is 0. The zero-order valence-corrected chi connectivity index (χ0v) is 12.2. The highest BCUT2D eigenvalue weighted by atomic mass is 16.5. The topological polar surface area (TPSA) is 78.8 Å². The van der Waals surface area contributed by atoms with Crippen LogP contribution in [-0.4, -0.2) is 34.4 Å². The third-order valence-corrected chi connectivity index (χ3v) is 3.08. The van der Waals surface area contributed by atoms with Crippen molar-refractivity contribution < 1.29 is 19.7 Å². The molecule has 0 aromatic heterocycles. The Morgan fingerprint density at radius 2 is 2.05 bits per heavy atom. The SMILES string of the molecule is CC(C)NC(C)(CCOc1ccccc1CO)C(=O)O. The van der Waals surface area contributed by atoms with Gasteiger partial charge in [-0.3, -0.25) is 10.1 Å². The molecule has 3 N–H and O–H groups in total. The minimum Gasteiger partial charge on any atom is -0.493 e. The van der Waals surface area contributed by atoms with Gasteiger partial charge in [-0.05, 0) is 26.8 Å². The number of hydrogen-bond acceptors (Lipinski definition) is 4. The van der Waals surface area contributed by atoms with E-state index in [-0.39, 0.29) is 19.3 Å². The summed E-state index contributed by atoms with van der Waals surface area (Å²) in [6.07, 6.45) is 0.334. The maximum atomic E-state index is 11.4. The molecule has 0 saturated carbocycles. The molecule has 0 saturated heterocycles. The van der Waals surface area contributed by atoms with Crippen LogP contribution in [-0.2, 0) is 11.4 Å². The average molecular weight is 281 g/mol. The number of ether oxygens (including phenoxy) is 1. The smallest absolute Gasteiger partial charge is 0.323 e. The van der Waals surface area contributed by atoms with E-state index in [1.165, 1.54) is 0 Å². The Kier molecular flexibility index (Phi) is 5.98. The van der Waals surface area contributed by atoms with Crippen molar-refractivity contribution in [2.75, 3.05) is 6.61 Å². The second kappa shape index (κ2) is 7.26. The highest BCUT2D eigenvalue weighted by molar-refractivity contribution is 5.78. The molecule has 0 aliphatic rings. The molecule has 0 heterocycles. The molecule has 5 nitrogen and oxygen atoms in total. The summed E-state index contributed by atoms with van der Waals surface area (Å²) in [5.74, 6) is -0.308. The van der Waals surface area contributed by atoms with Crippen LogP contribution in [0.1, 0.15) is 32.8 Å². The van der Waals surface area contributed by atoms with Gasteiger partial charge in [0, 0.05) is 18.0 Å². The number of aliphatic hydroxyl groups excluding tert-OH is 1. The molecule has 0 bridgehead atoms. The van der Waals surface area contributed by atoms with E-state index in [0.717, 1.165) is 0 Å². The lowest BCUT2D eigenvalue weighted by Crippen LogP contribution is -2.53. The van der Waals surface area contributed by atoms with Gasteiger partial charge in [0.1, 0.15) is 11.3 Å². The molecule has 112 valence electrons. The number of para-hydroxylation sites is 1. The lowest BCUT2D eigenvalue weighted by molar-refractivity contribution is -0.145. The molecule has 0 amide bonds. The summed E-state index contributed by atoms with van der Waals surface area (Å²) in [6, 6.07) is 7.25. The summed E-state index contributed by atoms with van der Waals surface area (Å²) < 4.78 is 5.59. The van der Waals surface area contributed by atoms with Crippen LogP contribution >= 0.6 is 0 Å². The molecule has 1 rings (SSSR count). The number of benzene rings is 1. The van der Waals surface area contributed by atoms with Gasteiger partial charge in [-0.15, -0.1) is 0 Å².